The lowest BCUT2D eigenvalue weighted by molar-refractivity contribution is 0.105. The molecule has 0 bridgehead atoms. The molecule has 1 aromatic carbocycles. The van der Waals surface area contributed by atoms with Crippen LogP contribution in [0.5, 0.6) is 5.75 Å². The summed E-state index contributed by atoms with van der Waals surface area (Å²) in [6.07, 6.45) is 2.54. The van der Waals surface area contributed by atoms with Gasteiger partial charge in [0.1, 0.15) is 24.7 Å². The molecule has 0 fully saturated rings. The van der Waals surface area contributed by atoms with Crippen molar-refractivity contribution >= 4 is 29.9 Å². The molecule has 2 N–H and O–H groups in total. The Morgan fingerprint density at radius 3 is 2.54 bits per heavy atom. The molecule has 0 unspecified atom stereocenters. The van der Waals surface area contributed by atoms with Gasteiger partial charge < -0.3 is 24.5 Å². The van der Waals surface area contributed by atoms with Crippen molar-refractivity contribution < 1.29 is 13.9 Å². The third-order valence-corrected chi connectivity index (χ3v) is 3.49. The molecule has 26 heavy (non-hydrogen) atoms. The van der Waals surface area contributed by atoms with Crippen LogP contribution in [-0.2, 0) is 11.3 Å². The van der Waals surface area contributed by atoms with Crippen molar-refractivity contribution in [1.29, 1.82) is 0 Å². The summed E-state index contributed by atoms with van der Waals surface area (Å²) in [5.74, 6) is 2.49. The highest BCUT2D eigenvalue weighted by atomic mass is 127. The van der Waals surface area contributed by atoms with Gasteiger partial charge in [0.25, 0.3) is 0 Å². The zero-order valence-electron chi connectivity index (χ0n) is 15.4. The lowest BCUT2D eigenvalue weighted by Gasteiger charge is -2.12. The van der Waals surface area contributed by atoms with Crippen LogP contribution in [0, 0.1) is 6.92 Å². The van der Waals surface area contributed by atoms with Gasteiger partial charge in [0, 0.05) is 20.2 Å². The maximum atomic E-state index is 5.67. The lowest BCUT2D eigenvalue weighted by atomic mass is 10.2. The number of furan rings is 1. The highest BCUT2D eigenvalue weighted by Crippen LogP contribution is 2.10. The van der Waals surface area contributed by atoms with Gasteiger partial charge in [-0.1, -0.05) is 17.7 Å². The molecule has 1 aromatic heterocycles. The summed E-state index contributed by atoms with van der Waals surface area (Å²) in [6.45, 7) is 5.29. The van der Waals surface area contributed by atoms with E-state index in [2.05, 4.69) is 22.5 Å². The number of nitrogens with one attached hydrogen (secondary N) is 2. The first kappa shape index (κ1) is 22.3. The zero-order chi connectivity index (χ0) is 17.7. The van der Waals surface area contributed by atoms with Crippen molar-refractivity contribution in [2.24, 2.45) is 4.99 Å². The summed E-state index contributed by atoms with van der Waals surface area (Å²) in [6, 6.07) is 11.8. The molecule has 2 rings (SSSR count). The van der Waals surface area contributed by atoms with Crippen molar-refractivity contribution in [1.82, 2.24) is 10.6 Å². The Morgan fingerprint density at radius 2 is 1.85 bits per heavy atom. The molecule has 2 aromatic rings. The number of ether oxygens (including phenoxy) is 2. The number of aliphatic imine (C=N–C) groups is 1. The van der Waals surface area contributed by atoms with Gasteiger partial charge in [-0.05, 0) is 37.6 Å². The molecule has 7 heteroatoms. The van der Waals surface area contributed by atoms with E-state index in [9.17, 15) is 0 Å². The lowest BCUT2D eigenvalue weighted by Crippen LogP contribution is -2.39. The fourth-order valence-electron chi connectivity index (χ4n) is 2.14. The second-order valence-corrected chi connectivity index (χ2v) is 5.57. The average molecular weight is 473 g/mol. The van der Waals surface area contributed by atoms with Crippen molar-refractivity contribution in [3.05, 3.63) is 54.0 Å². The van der Waals surface area contributed by atoms with E-state index in [1.807, 2.05) is 36.4 Å². The molecule has 0 aliphatic heterocycles. The Bertz CT molecular complexity index is 615. The average Bonchev–Trinajstić information content (AvgIpc) is 3.14. The van der Waals surface area contributed by atoms with Crippen LogP contribution >= 0.6 is 24.0 Å². The van der Waals surface area contributed by atoms with E-state index < -0.39 is 0 Å². The normalized spacial score (nSPS) is 10.9. The molecule has 6 nitrogen and oxygen atoms in total. The fourth-order valence-corrected chi connectivity index (χ4v) is 2.14. The maximum absolute atomic E-state index is 5.67. The third-order valence-electron chi connectivity index (χ3n) is 3.49. The summed E-state index contributed by atoms with van der Waals surface area (Å²) in [5.41, 5.74) is 1.23. The minimum absolute atomic E-state index is 0. The van der Waals surface area contributed by atoms with Crippen LogP contribution in [0.1, 0.15) is 17.7 Å². The van der Waals surface area contributed by atoms with E-state index in [1.54, 1.807) is 13.3 Å². The number of halogens is 1. The highest BCUT2D eigenvalue weighted by Gasteiger charge is 1.99. The molecule has 0 spiro atoms. The van der Waals surface area contributed by atoms with Crippen LogP contribution in [0.2, 0.25) is 0 Å². The van der Waals surface area contributed by atoms with E-state index in [0.29, 0.717) is 26.4 Å². The second-order valence-electron chi connectivity index (χ2n) is 5.57. The molecule has 1 heterocycles. The number of rotatable bonds is 10. The molecule has 0 amide bonds. The SMILES string of the molecule is CN=C(NCCCOCc1ccco1)NCCOc1ccc(C)cc1.I. The van der Waals surface area contributed by atoms with Crippen molar-refractivity contribution in [3.63, 3.8) is 0 Å². The van der Waals surface area contributed by atoms with E-state index in [0.717, 1.165) is 30.4 Å². The Balaban J connectivity index is 0.00000338. The van der Waals surface area contributed by atoms with Gasteiger partial charge in [-0.15, -0.1) is 24.0 Å². The van der Waals surface area contributed by atoms with Crippen LogP contribution < -0.4 is 15.4 Å². The molecule has 0 radical (unpaired) electrons. The first-order valence-corrected chi connectivity index (χ1v) is 8.52. The summed E-state index contributed by atoms with van der Waals surface area (Å²) in [7, 11) is 1.75. The molecule has 0 aliphatic carbocycles. The van der Waals surface area contributed by atoms with Gasteiger partial charge in [-0.3, -0.25) is 4.99 Å². The number of hydrogen-bond donors (Lipinski definition) is 2. The van der Waals surface area contributed by atoms with Gasteiger partial charge >= 0.3 is 0 Å². The number of hydrogen-bond acceptors (Lipinski definition) is 4. The number of guanidine groups is 1. The smallest absolute Gasteiger partial charge is 0.191 e. The van der Waals surface area contributed by atoms with Crippen molar-refractivity contribution in [2.75, 3.05) is 33.4 Å². The third kappa shape index (κ3) is 9.10. The highest BCUT2D eigenvalue weighted by molar-refractivity contribution is 14.0. The molecule has 0 aliphatic rings. The van der Waals surface area contributed by atoms with Crippen LogP contribution in [0.3, 0.4) is 0 Å². The van der Waals surface area contributed by atoms with Crippen LogP contribution in [0.25, 0.3) is 0 Å². The maximum Gasteiger partial charge on any atom is 0.191 e. The standard InChI is InChI=1S/C19H27N3O3.HI/c1-16-6-8-17(9-7-16)25-14-11-22-19(20-2)21-10-4-12-23-15-18-5-3-13-24-18;/h3,5-9,13H,4,10-12,14-15H2,1-2H3,(H2,20,21,22);1H. The predicted molar refractivity (Wildman–Crippen MR) is 114 cm³/mol. The summed E-state index contributed by atoms with van der Waals surface area (Å²) >= 11 is 0. The first-order chi connectivity index (χ1) is 12.3. The Labute approximate surface area is 172 Å². The minimum Gasteiger partial charge on any atom is -0.492 e. The summed E-state index contributed by atoms with van der Waals surface area (Å²) in [4.78, 5) is 4.19. The van der Waals surface area contributed by atoms with Crippen molar-refractivity contribution in [2.45, 2.75) is 20.0 Å². The summed E-state index contributed by atoms with van der Waals surface area (Å²) in [5, 5.41) is 6.47. The first-order valence-electron chi connectivity index (χ1n) is 8.52. The van der Waals surface area contributed by atoms with Gasteiger partial charge in [-0.2, -0.15) is 0 Å². The Hall–Kier alpha value is -1.74. The Morgan fingerprint density at radius 1 is 1.08 bits per heavy atom. The largest absolute Gasteiger partial charge is 0.492 e. The molecule has 0 atom stereocenters. The molecule has 144 valence electrons. The van der Waals surface area contributed by atoms with Gasteiger partial charge in [-0.25, -0.2) is 0 Å². The quantitative estimate of drug-likeness (QED) is 0.240. The molecular weight excluding hydrogens is 445 g/mol. The number of nitrogens with zero attached hydrogens (tertiary/aromatic N) is 1. The number of benzene rings is 1. The van der Waals surface area contributed by atoms with Gasteiger partial charge in [0.05, 0.1) is 12.8 Å². The minimum atomic E-state index is 0. The van der Waals surface area contributed by atoms with Crippen LogP contribution in [0.15, 0.2) is 52.1 Å². The van der Waals surface area contributed by atoms with Gasteiger partial charge in [0.2, 0.25) is 0 Å². The fraction of sp³-hybridized carbons (Fsp3) is 0.421. The monoisotopic (exact) mass is 473 g/mol. The van der Waals surface area contributed by atoms with Crippen molar-refractivity contribution in [3.8, 4) is 5.75 Å². The van der Waals surface area contributed by atoms with E-state index in [-0.39, 0.29) is 24.0 Å². The topological polar surface area (TPSA) is 68.0 Å². The van der Waals surface area contributed by atoms with E-state index in [4.69, 9.17) is 13.9 Å². The van der Waals surface area contributed by atoms with E-state index in [1.165, 1.54) is 5.56 Å². The molecular formula is C19H28IN3O3. The van der Waals surface area contributed by atoms with Crippen LogP contribution in [0.4, 0.5) is 0 Å². The molecule has 0 saturated heterocycles. The van der Waals surface area contributed by atoms with Gasteiger partial charge in [0.15, 0.2) is 5.96 Å². The number of aryl methyl sites for hydroxylation is 1. The molecule has 0 saturated carbocycles. The second kappa shape index (κ2) is 13.5. The predicted octanol–water partition coefficient (Wildman–Crippen LogP) is 3.36. The van der Waals surface area contributed by atoms with Crippen LogP contribution in [-0.4, -0.2) is 39.3 Å². The van der Waals surface area contributed by atoms with E-state index >= 15 is 0 Å². The summed E-state index contributed by atoms with van der Waals surface area (Å²) < 4.78 is 16.4. The zero-order valence-corrected chi connectivity index (χ0v) is 17.7. The Kier molecular flexibility index (Phi) is 11.5.